The smallest absolute Gasteiger partial charge is 0.244 e. The molecule has 0 saturated carbocycles. The van der Waals surface area contributed by atoms with Gasteiger partial charge >= 0.3 is 0 Å². The van der Waals surface area contributed by atoms with Crippen LogP contribution < -0.4 is 10.6 Å². The molecule has 0 aliphatic carbocycles. The number of anilines is 1. The van der Waals surface area contributed by atoms with Gasteiger partial charge in [0.05, 0.1) is 5.69 Å². The molecule has 0 aliphatic rings. The summed E-state index contributed by atoms with van der Waals surface area (Å²) < 4.78 is 26.3. The number of nitrogens with two attached hydrogens (primary N) is 1. The van der Waals surface area contributed by atoms with Crippen LogP contribution in [0.4, 0.5) is 5.69 Å². The van der Waals surface area contributed by atoms with Crippen molar-refractivity contribution in [2.24, 2.45) is 5.73 Å². The first-order valence-electron chi connectivity index (χ1n) is 7.38. The number of hydrogen-bond acceptors (Lipinski definition) is 4. The molecule has 0 spiro atoms. The standard InChI is InChI=1S/C15H27N3O2S/c1-5-13(6-2)18(12-11-16)14-9-7-8-10-15(14)21(19,20)17(3)4/h7-10,13H,5-6,11-12,16H2,1-4H3. The number of nitrogens with zero attached hydrogens (tertiary/aromatic N) is 2. The van der Waals surface area contributed by atoms with E-state index in [2.05, 4.69) is 18.7 Å². The summed E-state index contributed by atoms with van der Waals surface area (Å²) in [5, 5.41) is 0. The van der Waals surface area contributed by atoms with Crippen LogP contribution in [0.2, 0.25) is 0 Å². The first-order chi connectivity index (χ1) is 9.89. The van der Waals surface area contributed by atoms with Crippen molar-refractivity contribution >= 4 is 15.7 Å². The second-order valence-electron chi connectivity index (χ2n) is 5.21. The van der Waals surface area contributed by atoms with Crippen LogP contribution in [0.15, 0.2) is 29.2 Å². The molecule has 1 aromatic rings. The summed E-state index contributed by atoms with van der Waals surface area (Å²) >= 11 is 0. The van der Waals surface area contributed by atoms with Crippen LogP contribution in [-0.2, 0) is 10.0 Å². The third kappa shape index (κ3) is 3.96. The fourth-order valence-electron chi connectivity index (χ4n) is 2.48. The Morgan fingerprint density at radius 3 is 2.19 bits per heavy atom. The van der Waals surface area contributed by atoms with Gasteiger partial charge < -0.3 is 10.6 Å². The summed E-state index contributed by atoms with van der Waals surface area (Å²) in [6, 6.07) is 7.44. The number of para-hydroxylation sites is 1. The molecule has 6 heteroatoms. The largest absolute Gasteiger partial charge is 0.366 e. The molecule has 21 heavy (non-hydrogen) atoms. The van der Waals surface area contributed by atoms with Gasteiger partial charge in [-0.3, -0.25) is 0 Å². The number of benzene rings is 1. The van der Waals surface area contributed by atoms with Crippen molar-refractivity contribution < 1.29 is 8.42 Å². The minimum atomic E-state index is -3.47. The molecule has 0 aromatic heterocycles. The van der Waals surface area contributed by atoms with Crippen molar-refractivity contribution in [3.05, 3.63) is 24.3 Å². The Morgan fingerprint density at radius 2 is 1.71 bits per heavy atom. The van der Waals surface area contributed by atoms with Gasteiger partial charge in [0.25, 0.3) is 0 Å². The molecule has 0 bridgehead atoms. The quantitative estimate of drug-likeness (QED) is 0.796. The van der Waals surface area contributed by atoms with E-state index in [1.54, 1.807) is 26.2 Å². The van der Waals surface area contributed by atoms with Crippen LogP contribution in [-0.4, -0.2) is 45.9 Å². The number of sulfonamides is 1. The molecular formula is C15H27N3O2S. The van der Waals surface area contributed by atoms with Gasteiger partial charge in [0.15, 0.2) is 0 Å². The lowest BCUT2D eigenvalue weighted by molar-refractivity contribution is 0.517. The molecule has 120 valence electrons. The van der Waals surface area contributed by atoms with Gasteiger partial charge in [0.2, 0.25) is 10.0 Å². The highest BCUT2D eigenvalue weighted by molar-refractivity contribution is 7.89. The second-order valence-corrected chi connectivity index (χ2v) is 7.33. The van der Waals surface area contributed by atoms with E-state index in [0.717, 1.165) is 18.5 Å². The summed E-state index contributed by atoms with van der Waals surface area (Å²) in [7, 11) is -0.366. The maximum atomic E-state index is 12.5. The van der Waals surface area contributed by atoms with Gasteiger partial charge in [-0.25, -0.2) is 12.7 Å². The minimum absolute atomic E-state index is 0.284. The summed E-state index contributed by atoms with van der Waals surface area (Å²) in [4.78, 5) is 2.46. The average Bonchev–Trinajstić information content (AvgIpc) is 2.47. The first-order valence-corrected chi connectivity index (χ1v) is 8.82. The lowest BCUT2D eigenvalue weighted by Crippen LogP contribution is -2.39. The van der Waals surface area contributed by atoms with Crippen LogP contribution >= 0.6 is 0 Å². The molecule has 0 heterocycles. The Balaban J connectivity index is 3.40. The monoisotopic (exact) mass is 313 g/mol. The lowest BCUT2D eigenvalue weighted by atomic mass is 10.1. The van der Waals surface area contributed by atoms with Crippen molar-refractivity contribution in [2.75, 3.05) is 32.1 Å². The third-order valence-corrected chi connectivity index (χ3v) is 5.55. The fraction of sp³-hybridized carbons (Fsp3) is 0.600. The Labute approximate surface area is 128 Å². The van der Waals surface area contributed by atoms with E-state index in [9.17, 15) is 8.42 Å². The van der Waals surface area contributed by atoms with Crippen molar-refractivity contribution in [2.45, 2.75) is 37.6 Å². The number of rotatable bonds is 8. The van der Waals surface area contributed by atoms with E-state index in [1.807, 2.05) is 12.1 Å². The minimum Gasteiger partial charge on any atom is -0.366 e. The molecule has 2 N–H and O–H groups in total. The maximum absolute atomic E-state index is 12.5. The SMILES string of the molecule is CCC(CC)N(CCN)c1ccccc1S(=O)(=O)N(C)C. The fourth-order valence-corrected chi connectivity index (χ4v) is 3.57. The Hall–Kier alpha value is -1.11. The van der Waals surface area contributed by atoms with Crippen molar-refractivity contribution in [3.63, 3.8) is 0 Å². The van der Waals surface area contributed by atoms with Crippen LogP contribution in [0.1, 0.15) is 26.7 Å². The molecule has 0 radical (unpaired) electrons. The summed E-state index contributed by atoms with van der Waals surface area (Å²) in [6.07, 6.45) is 1.90. The van der Waals surface area contributed by atoms with Crippen molar-refractivity contribution in [1.82, 2.24) is 4.31 Å². The molecular weight excluding hydrogens is 286 g/mol. The lowest BCUT2D eigenvalue weighted by Gasteiger charge is -2.34. The van der Waals surface area contributed by atoms with E-state index in [1.165, 1.54) is 4.31 Å². The molecule has 0 saturated heterocycles. The summed E-state index contributed by atoms with van der Waals surface area (Å²) in [5.41, 5.74) is 6.47. The van der Waals surface area contributed by atoms with E-state index in [4.69, 9.17) is 5.73 Å². The molecule has 5 nitrogen and oxygen atoms in total. The normalized spacial score (nSPS) is 12.1. The summed E-state index contributed by atoms with van der Waals surface area (Å²) in [5.74, 6) is 0. The van der Waals surface area contributed by atoms with Crippen molar-refractivity contribution in [3.8, 4) is 0 Å². The zero-order chi connectivity index (χ0) is 16.0. The van der Waals surface area contributed by atoms with E-state index in [0.29, 0.717) is 18.0 Å². The molecule has 1 rings (SSSR count). The van der Waals surface area contributed by atoms with Crippen molar-refractivity contribution in [1.29, 1.82) is 0 Å². The maximum Gasteiger partial charge on any atom is 0.244 e. The topological polar surface area (TPSA) is 66.6 Å². The predicted octanol–water partition coefficient (Wildman–Crippen LogP) is 1.89. The highest BCUT2D eigenvalue weighted by atomic mass is 32.2. The molecule has 1 aromatic carbocycles. The highest BCUT2D eigenvalue weighted by Crippen LogP contribution is 2.29. The Morgan fingerprint density at radius 1 is 1.14 bits per heavy atom. The van der Waals surface area contributed by atoms with E-state index < -0.39 is 10.0 Å². The van der Waals surface area contributed by atoms with E-state index >= 15 is 0 Å². The molecule has 0 atom stereocenters. The second kappa shape index (κ2) is 7.77. The Kier molecular flexibility index (Phi) is 6.64. The molecule has 0 unspecified atom stereocenters. The third-order valence-electron chi connectivity index (χ3n) is 3.69. The zero-order valence-corrected chi connectivity index (χ0v) is 14.2. The average molecular weight is 313 g/mol. The Bertz CT molecular complexity index is 540. The highest BCUT2D eigenvalue weighted by Gasteiger charge is 2.25. The van der Waals surface area contributed by atoms with Gasteiger partial charge in [-0.1, -0.05) is 26.0 Å². The van der Waals surface area contributed by atoms with Gasteiger partial charge in [-0.15, -0.1) is 0 Å². The van der Waals surface area contributed by atoms with Crippen LogP contribution in [0, 0.1) is 0 Å². The van der Waals surface area contributed by atoms with Crippen LogP contribution in [0.3, 0.4) is 0 Å². The van der Waals surface area contributed by atoms with Gasteiger partial charge in [0, 0.05) is 33.2 Å². The van der Waals surface area contributed by atoms with Gasteiger partial charge in [-0.2, -0.15) is 0 Å². The van der Waals surface area contributed by atoms with Gasteiger partial charge in [0.1, 0.15) is 4.90 Å². The van der Waals surface area contributed by atoms with E-state index in [-0.39, 0.29) is 6.04 Å². The predicted molar refractivity (Wildman–Crippen MR) is 88.1 cm³/mol. The number of hydrogen-bond donors (Lipinski definition) is 1. The summed E-state index contributed by atoms with van der Waals surface area (Å²) in [6.45, 7) is 5.36. The first kappa shape index (κ1) is 17.9. The van der Waals surface area contributed by atoms with Crippen LogP contribution in [0.5, 0.6) is 0 Å². The van der Waals surface area contributed by atoms with Crippen LogP contribution in [0.25, 0.3) is 0 Å². The molecule has 0 fully saturated rings. The molecule has 0 amide bonds. The zero-order valence-electron chi connectivity index (χ0n) is 13.4. The van der Waals surface area contributed by atoms with Gasteiger partial charge in [-0.05, 0) is 25.0 Å². The molecule has 0 aliphatic heterocycles.